The van der Waals surface area contributed by atoms with Gasteiger partial charge in [0.05, 0.1) is 29.5 Å². The van der Waals surface area contributed by atoms with Crippen LogP contribution in [0.1, 0.15) is 11.1 Å². The van der Waals surface area contributed by atoms with Crippen LogP contribution in [-0.4, -0.2) is 40.3 Å². The standard InChI is InChI=1S/C26H25N3O3S/c1-18-9-4-7-14-23(18)29-25(31)21-12-5-6-13-22(21)27-26(29)33-17-24(30)28(2)16-19-10-8-11-20(15-19)32-3/h4-15H,16-17H2,1-3H3. The van der Waals surface area contributed by atoms with Crippen molar-refractivity contribution in [1.82, 2.24) is 14.5 Å². The van der Waals surface area contributed by atoms with Gasteiger partial charge in [0.25, 0.3) is 5.56 Å². The highest BCUT2D eigenvalue weighted by molar-refractivity contribution is 7.99. The third kappa shape index (κ3) is 4.93. The third-order valence-corrected chi connectivity index (χ3v) is 6.33. The van der Waals surface area contributed by atoms with Gasteiger partial charge in [-0.1, -0.05) is 54.2 Å². The van der Waals surface area contributed by atoms with Crippen LogP contribution in [-0.2, 0) is 11.3 Å². The van der Waals surface area contributed by atoms with Crippen molar-refractivity contribution in [3.8, 4) is 11.4 Å². The van der Waals surface area contributed by atoms with Crippen molar-refractivity contribution in [2.24, 2.45) is 0 Å². The molecule has 0 unspecified atom stereocenters. The molecule has 6 nitrogen and oxygen atoms in total. The molecule has 0 bridgehead atoms. The molecule has 0 aliphatic rings. The Hall–Kier alpha value is -3.58. The van der Waals surface area contributed by atoms with Gasteiger partial charge in [0.2, 0.25) is 5.91 Å². The van der Waals surface area contributed by atoms with Gasteiger partial charge in [-0.15, -0.1) is 0 Å². The van der Waals surface area contributed by atoms with Crippen LogP contribution >= 0.6 is 11.8 Å². The minimum atomic E-state index is -0.144. The molecule has 0 N–H and O–H groups in total. The molecular formula is C26H25N3O3S. The zero-order valence-corrected chi connectivity index (χ0v) is 19.6. The minimum absolute atomic E-state index is 0.0541. The first-order chi connectivity index (χ1) is 16.0. The maximum atomic E-state index is 13.4. The Kier molecular flexibility index (Phi) is 6.79. The lowest BCUT2D eigenvalue weighted by Crippen LogP contribution is -2.28. The molecule has 1 amide bonds. The molecular weight excluding hydrogens is 434 g/mol. The SMILES string of the molecule is COc1cccc(CN(C)C(=O)CSc2nc3ccccc3c(=O)n2-c2ccccc2C)c1. The summed E-state index contributed by atoms with van der Waals surface area (Å²) < 4.78 is 6.87. The topological polar surface area (TPSA) is 64.4 Å². The molecule has 7 heteroatoms. The van der Waals surface area contributed by atoms with Crippen LogP contribution in [0.15, 0.2) is 82.7 Å². The molecule has 0 aliphatic heterocycles. The molecule has 0 fully saturated rings. The number of carbonyl (C=O) groups is 1. The number of carbonyl (C=O) groups excluding carboxylic acids is 1. The molecule has 0 spiro atoms. The second-order valence-corrected chi connectivity index (χ2v) is 8.67. The number of hydrogen-bond donors (Lipinski definition) is 0. The Balaban J connectivity index is 1.61. The molecule has 1 heterocycles. The van der Waals surface area contributed by atoms with E-state index in [4.69, 9.17) is 9.72 Å². The Bertz CT molecular complexity index is 1370. The van der Waals surface area contributed by atoms with Crippen LogP contribution < -0.4 is 10.3 Å². The Morgan fingerprint density at radius 3 is 2.61 bits per heavy atom. The number of para-hydroxylation sites is 2. The van der Waals surface area contributed by atoms with Crippen LogP contribution in [0.3, 0.4) is 0 Å². The first kappa shape index (κ1) is 22.6. The molecule has 1 aromatic heterocycles. The summed E-state index contributed by atoms with van der Waals surface area (Å²) >= 11 is 1.27. The number of aromatic nitrogens is 2. The average Bonchev–Trinajstić information content (AvgIpc) is 2.83. The fourth-order valence-electron chi connectivity index (χ4n) is 3.61. The quantitative estimate of drug-likeness (QED) is 0.302. The summed E-state index contributed by atoms with van der Waals surface area (Å²) in [5.74, 6) is 0.865. The van der Waals surface area contributed by atoms with Gasteiger partial charge in [0.1, 0.15) is 5.75 Å². The van der Waals surface area contributed by atoms with Crippen molar-refractivity contribution in [2.75, 3.05) is 19.9 Å². The highest BCUT2D eigenvalue weighted by Gasteiger charge is 2.17. The van der Waals surface area contributed by atoms with Crippen LogP contribution in [0, 0.1) is 6.92 Å². The molecule has 0 aliphatic carbocycles. The minimum Gasteiger partial charge on any atom is -0.497 e. The maximum absolute atomic E-state index is 13.4. The van der Waals surface area contributed by atoms with E-state index in [1.54, 1.807) is 29.7 Å². The number of fused-ring (bicyclic) bond motifs is 1. The predicted octanol–water partition coefficient (Wildman–Crippen LogP) is 4.45. The number of thioether (sulfide) groups is 1. The lowest BCUT2D eigenvalue weighted by Gasteiger charge is -2.19. The smallest absolute Gasteiger partial charge is 0.266 e. The van der Waals surface area contributed by atoms with E-state index in [9.17, 15) is 9.59 Å². The molecule has 3 aromatic carbocycles. The highest BCUT2D eigenvalue weighted by Crippen LogP contribution is 2.23. The molecule has 4 rings (SSSR count). The van der Waals surface area contributed by atoms with Gasteiger partial charge >= 0.3 is 0 Å². The van der Waals surface area contributed by atoms with Gasteiger partial charge in [-0.2, -0.15) is 0 Å². The normalized spacial score (nSPS) is 10.9. The Morgan fingerprint density at radius 1 is 1.06 bits per heavy atom. The molecule has 33 heavy (non-hydrogen) atoms. The number of ether oxygens (including phenoxy) is 1. The van der Waals surface area contributed by atoms with Crippen molar-refractivity contribution in [1.29, 1.82) is 0 Å². The van der Waals surface area contributed by atoms with E-state index in [1.807, 2.05) is 73.7 Å². The number of benzene rings is 3. The molecule has 4 aromatic rings. The van der Waals surface area contributed by atoms with Gasteiger partial charge in [-0.05, 0) is 48.4 Å². The average molecular weight is 460 g/mol. The fraction of sp³-hybridized carbons (Fsp3) is 0.192. The first-order valence-electron chi connectivity index (χ1n) is 10.6. The molecule has 0 saturated carbocycles. The van der Waals surface area contributed by atoms with Crippen molar-refractivity contribution in [2.45, 2.75) is 18.6 Å². The predicted molar refractivity (Wildman–Crippen MR) is 132 cm³/mol. The van der Waals surface area contributed by atoms with Crippen LogP contribution in [0.25, 0.3) is 16.6 Å². The largest absolute Gasteiger partial charge is 0.497 e. The van der Waals surface area contributed by atoms with Gasteiger partial charge in [-0.3, -0.25) is 14.2 Å². The number of rotatable bonds is 7. The van der Waals surface area contributed by atoms with E-state index in [-0.39, 0.29) is 17.2 Å². The van der Waals surface area contributed by atoms with Crippen molar-refractivity contribution in [3.05, 3.63) is 94.3 Å². The van der Waals surface area contributed by atoms with E-state index in [1.165, 1.54) is 11.8 Å². The highest BCUT2D eigenvalue weighted by atomic mass is 32.2. The summed E-state index contributed by atoms with van der Waals surface area (Å²) in [4.78, 5) is 32.7. The second kappa shape index (κ2) is 9.92. The Labute approximate surface area is 196 Å². The summed E-state index contributed by atoms with van der Waals surface area (Å²) in [6, 6.07) is 22.6. The molecule has 168 valence electrons. The summed E-state index contributed by atoms with van der Waals surface area (Å²) in [7, 11) is 3.39. The van der Waals surface area contributed by atoms with E-state index < -0.39 is 0 Å². The van der Waals surface area contributed by atoms with Gasteiger partial charge in [0.15, 0.2) is 5.16 Å². The number of nitrogens with zero attached hydrogens (tertiary/aromatic N) is 3. The second-order valence-electron chi connectivity index (χ2n) is 7.73. The monoisotopic (exact) mass is 459 g/mol. The number of methoxy groups -OCH3 is 1. The number of hydrogen-bond acceptors (Lipinski definition) is 5. The van der Waals surface area contributed by atoms with E-state index in [2.05, 4.69) is 0 Å². The maximum Gasteiger partial charge on any atom is 0.266 e. The van der Waals surface area contributed by atoms with Crippen LogP contribution in [0.4, 0.5) is 0 Å². The summed E-state index contributed by atoms with van der Waals surface area (Å²) in [6.45, 7) is 2.42. The molecule has 0 atom stereocenters. The molecule has 0 radical (unpaired) electrons. The van der Waals surface area contributed by atoms with E-state index >= 15 is 0 Å². The number of aryl methyl sites for hydroxylation is 1. The first-order valence-corrected chi connectivity index (χ1v) is 11.5. The lowest BCUT2D eigenvalue weighted by molar-refractivity contribution is -0.127. The summed E-state index contributed by atoms with van der Waals surface area (Å²) in [6.07, 6.45) is 0. The van der Waals surface area contributed by atoms with Gasteiger partial charge < -0.3 is 9.64 Å². The Morgan fingerprint density at radius 2 is 1.82 bits per heavy atom. The molecule has 0 saturated heterocycles. The van der Waals surface area contributed by atoms with Crippen LogP contribution in [0.5, 0.6) is 5.75 Å². The van der Waals surface area contributed by atoms with E-state index in [0.717, 1.165) is 22.6 Å². The summed E-state index contributed by atoms with van der Waals surface area (Å²) in [5.41, 5.74) is 3.18. The van der Waals surface area contributed by atoms with Gasteiger partial charge in [-0.25, -0.2) is 4.98 Å². The zero-order chi connectivity index (χ0) is 23.4. The zero-order valence-electron chi connectivity index (χ0n) is 18.8. The van der Waals surface area contributed by atoms with Gasteiger partial charge in [0, 0.05) is 13.6 Å². The van der Waals surface area contributed by atoms with E-state index in [0.29, 0.717) is 22.6 Å². The lowest BCUT2D eigenvalue weighted by atomic mass is 10.2. The van der Waals surface area contributed by atoms with Crippen molar-refractivity contribution >= 4 is 28.6 Å². The summed E-state index contributed by atoms with van der Waals surface area (Å²) in [5, 5.41) is 1.04. The fourth-order valence-corrected chi connectivity index (χ4v) is 4.55. The van der Waals surface area contributed by atoms with Crippen molar-refractivity contribution < 1.29 is 9.53 Å². The number of amides is 1. The third-order valence-electron chi connectivity index (χ3n) is 5.41. The van der Waals surface area contributed by atoms with Crippen molar-refractivity contribution in [3.63, 3.8) is 0 Å². The van der Waals surface area contributed by atoms with Crippen LogP contribution in [0.2, 0.25) is 0 Å².